The molecule has 0 fully saturated rings. The predicted octanol–water partition coefficient (Wildman–Crippen LogP) is 4.56. The van der Waals surface area contributed by atoms with E-state index in [0.29, 0.717) is 17.2 Å². The molecule has 0 radical (unpaired) electrons. The van der Waals surface area contributed by atoms with Crippen molar-refractivity contribution in [3.63, 3.8) is 0 Å². The van der Waals surface area contributed by atoms with Crippen molar-refractivity contribution in [2.45, 2.75) is 18.2 Å². The predicted molar refractivity (Wildman–Crippen MR) is 88.6 cm³/mol. The normalized spacial score (nSPS) is 10.4. The van der Waals surface area contributed by atoms with E-state index in [1.807, 2.05) is 49.4 Å². The molecule has 21 heavy (non-hydrogen) atoms. The number of hydrogen-bond acceptors (Lipinski definition) is 3. The third kappa shape index (κ3) is 4.51. The largest absolute Gasteiger partial charge is 0.496 e. The second kappa shape index (κ2) is 7.53. The van der Waals surface area contributed by atoms with Gasteiger partial charge in [0.05, 0.1) is 17.9 Å². The number of hydrogen-bond donors (Lipinski definition) is 0. The van der Waals surface area contributed by atoms with Crippen LogP contribution in [0.4, 0.5) is 0 Å². The van der Waals surface area contributed by atoms with E-state index in [9.17, 15) is 4.79 Å². The molecule has 0 N–H and O–H groups in total. The Morgan fingerprint density at radius 3 is 2.71 bits per heavy atom. The summed E-state index contributed by atoms with van der Waals surface area (Å²) in [6.07, 6.45) is 0.377. The van der Waals surface area contributed by atoms with E-state index in [1.54, 1.807) is 7.11 Å². The molecule has 2 rings (SSSR count). The zero-order chi connectivity index (χ0) is 15.2. The molecule has 110 valence electrons. The zero-order valence-electron chi connectivity index (χ0n) is 12.1. The van der Waals surface area contributed by atoms with Gasteiger partial charge in [-0.3, -0.25) is 4.79 Å². The van der Waals surface area contributed by atoms with Gasteiger partial charge in [0.2, 0.25) is 0 Å². The molecule has 0 saturated carbocycles. The Bertz CT molecular complexity index is 640. The maximum absolute atomic E-state index is 12.2. The first kappa shape index (κ1) is 15.9. The van der Waals surface area contributed by atoms with E-state index in [0.717, 1.165) is 21.8 Å². The van der Waals surface area contributed by atoms with E-state index in [-0.39, 0.29) is 5.78 Å². The van der Waals surface area contributed by atoms with Crippen molar-refractivity contribution in [2.75, 3.05) is 12.9 Å². The van der Waals surface area contributed by atoms with Crippen LogP contribution in [-0.2, 0) is 11.2 Å². The lowest BCUT2D eigenvalue weighted by atomic mass is 10.1. The van der Waals surface area contributed by atoms with Crippen LogP contribution in [0.1, 0.15) is 11.1 Å². The first-order chi connectivity index (χ1) is 10.1. The molecule has 0 aliphatic heterocycles. The van der Waals surface area contributed by atoms with E-state index in [1.165, 1.54) is 11.8 Å². The van der Waals surface area contributed by atoms with Crippen molar-refractivity contribution < 1.29 is 9.53 Å². The van der Waals surface area contributed by atoms with Crippen LogP contribution in [-0.4, -0.2) is 18.6 Å². The van der Waals surface area contributed by atoms with Crippen LogP contribution in [0, 0.1) is 6.92 Å². The molecule has 0 spiro atoms. The number of benzene rings is 2. The van der Waals surface area contributed by atoms with Gasteiger partial charge in [0, 0.05) is 16.9 Å². The van der Waals surface area contributed by atoms with Crippen molar-refractivity contribution in [2.24, 2.45) is 0 Å². The fourth-order valence-electron chi connectivity index (χ4n) is 2.03. The van der Waals surface area contributed by atoms with Gasteiger partial charge < -0.3 is 4.74 Å². The van der Waals surface area contributed by atoms with Crippen LogP contribution in [0.5, 0.6) is 5.75 Å². The molecule has 0 aromatic heterocycles. The highest BCUT2D eigenvalue weighted by Crippen LogP contribution is 2.27. The Labute approximate surface area is 134 Å². The van der Waals surface area contributed by atoms with Gasteiger partial charge in [0.15, 0.2) is 0 Å². The molecule has 0 bridgehead atoms. The standard InChI is InChI=1S/C17H17ClO2S/c1-12-7-8-16(20-2)13(9-12)10-14(19)11-21-17-6-4-3-5-15(17)18/h3-9H,10-11H2,1-2H3. The summed E-state index contributed by atoms with van der Waals surface area (Å²) >= 11 is 7.55. The molecule has 0 aliphatic carbocycles. The van der Waals surface area contributed by atoms with Gasteiger partial charge >= 0.3 is 0 Å². The molecular weight excluding hydrogens is 304 g/mol. The second-order valence-corrected chi connectivity index (χ2v) is 6.17. The van der Waals surface area contributed by atoms with Gasteiger partial charge in [-0.05, 0) is 25.1 Å². The smallest absolute Gasteiger partial charge is 0.147 e. The minimum atomic E-state index is 0.156. The average molecular weight is 321 g/mol. The lowest BCUT2D eigenvalue weighted by molar-refractivity contribution is -0.116. The number of thioether (sulfide) groups is 1. The third-order valence-corrected chi connectivity index (χ3v) is 4.62. The van der Waals surface area contributed by atoms with E-state index < -0.39 is 0 Å². The molecule has 2 aromatic carbocycles. The second-order valence-electron chi connectivity index (χ2n) is 4.75. The van der Waals surface area contributed by atoms with Gasteiger partial charge in [-0.2, -0.15) is 0 Å². The van der Waals surface area contributed by atoms with E-state index in [4.69, 9.17) is 16.3 Å². The summed E-state index contributed by atoms with van der Waals surface area (Å²) in [5, 5.41) is 0.684. The Morgan fingerprint density at radius 1 is 1.24 bits per heavy atom. The number of rotatable bonds is 6. The van der Waals surface area contributed by atoms with Crippen molar-refractivity contribution in [1.82, 2.24) is 0 Å². The van der Waals surface area contributed by atoms with Gasteiger partial charge in [0.1, 0.15) is 11.5 Å². The summed E-state index contributed by atoms with van der Waals surface area (Å²) in [4.78, 5) is 13.1. The van der Waals surface area contributed by atoms with E-state index >= 15 is 0 Å². The van der Waals surface area contributed by atoms with Gasteiger partial charge in [-0.15, -0.1) is 11.8 Å². The van der Waals surface area contributed by atoms with Crippen molar-refractivity contribution in [3.8, 4) is 5.75 Å². The SMILES string of the molecule is COc1ccc(C)cc1CC(=O)CSc1ccccc1Cl. The molecule has 2 nitrogen and oxygen atoms in total. The number of ketones is 1. The zero-order valence-corrected chi connectivity index (χ0v) is 13.6. The highest BCUT2D eigenvalue weighted by atomic mass is 35.5. The van der Waals surface area contributed by atoms with Crippen molar-refractivity contribution in [1.29, 1.82) is 0 Å². The summed E-state index contributed by atoms with van der Waals surface area (Å²) in [5.41, 5.74) is 2.06. The minimum Gasteiger partial charge on any atom is -0.496 e. The third-order valence-electron chi connectivity index (χ3n) is 3.05. The molecule has 0 atom stereocenters. The Morgan fingerprint density at radius 2 is 2.00 bits per heavy atom. The number of Topliss-reactive ketones (excluding diaryl/α,β-unsaturated/α-hetero) is 1. The van der Waals surface area contributed by atoms with Crippen LogP contribution in [0.15, 0.2) is 47.4 Å². The summed E-state index contributed by atoms with van der Waals surface area (Å²) in [5.74, 6) is 1.32. The topological polar surface area (TPSA) is 26.3 Å². The molecule has 0 saturated heterocycles. The van der Waals surface area contributed by atoms with Crippen LogP contribution in [0.3, 0.4) is 0 Å². The molecule has 0 amide bonds. The molecule has 4 heteroatoms. The first-order valence-corrected chi connectivity index (χ1v) is 7.99. The monoisotopic (exact) mass is 320 g/mol. The number of ether oxygens (including phenoxy) is 1. The number of methoxy groups -OCH3 is 1. The van der Waals surface area contributed by atoms with Crippen molar-refractivity contribution in [3.05, 3.63) is 58.6 Å². The minimum absolute atomic E-state index is 0.156. The van der Waals surface area contributed by atoms with Crippen LogP contribution < -0.4 is 4.74 Å². The molecular formula is C17H17ClO2S. The van der Waals surface area contributed by atoms with Crippen molar-refractivity contribution >= 4 is 29.1 Å². The molecule has 0 heterocycles. The Balaban J connectivity index is 1.99. The fourth-order valence-corrected chi connectivity index (χ4v) is 3.13. The maximum Gasteiger partial charge on any atom is 0.147 e. The average Bonchev–Trinajstić information content (AvgIpc) is 2.47. The summed E-state index contributed by atoms with van der Waals surface area (Å²) in [6.45, 7) is 2.01. The van der Waals surface area contributed by atoms with Gasteiger partial charge in [-0.25, -0.2) is 0 Å². The molecule has 0 unspecified atom stereocenters. The highest BCUT2D eigenvalue weighted by molar-refractivity contribution is 8.00. The number of carbonyl (C=O) groups is 1. The summed E-state index contributed by atoms with van der Waals surface area (Å²) in [6, 6.07) is 13.4. The lowest BCUT2D eigenvalue weighted by Crippen LogP contribution is -2.07. The maximum atomic E-state index is 12.2. The molecule has 2 aromatic rings. The van der Waals surface area contributed by atoms with Gasteiger partial charge in [-0.1, -0.05) is 41.4 Å². The Hall–Kier alpha value is -1.45. The number of aryl methyl sites for hydroxylation is 1. The number of halogens is 1. The Kier molecular flexibility index (Phi) is 5.71. The van der Waals surface area contributed by atoms with Crippen LogP contribution in [0.2, 0.25) is 5.02 Å². The van der Waals surface area contributed by atoms with Crippen LogP contribution in [0.25, 0.3) is 0 Å². The lowest BCUT2D eigenvalue weighted by Gasteiger charge is -2.09. The summed E-state index contributed by atoms with van der Waals surface area (Å²) in [7, 11) is 1.62. The van der Waals surface area contributed by atoms with E-state index in [2.05, 4.69) is 0 Å². The van der Waals surface area contributed by atoms with Gasteiger partial charge in [0.25, 0.3) is 0 Å². The number of carbonyl (C=O) groups excluding carboxylic acids is 1. The van der Waals surface area contributed by atoms with Crippen LogP contribution >= 0.6 is 23.4 Å². The quantitative estimate of drug-likeness (QED) is 0.730. The fraction of sp³-hybridized carbons (Fsp3) is 0.235. The first-order valence-electron chi connectivity index (χ1n) is 6.62. The summed E-state index contributed by atoms with van der Waals surface area (Å²) < 4.78 is 5.30. The highest BCUT2D eigenvalue weighted by Gasteiger charge is 2.10. The molecule has 0 aliphatic rings.